The first kappa shape index (κ1) is 15.4. The Kier molecular flexibility index (Phi) is 6.27. The second kappa shape index (κ2) is 7.73. The second-order valence-electron chi connectivity index (χ2n) is 4.43. The Bertz CT molecular complexity index is 337. The molecule has 1 rings (SSSR count). The van der Waals surface area contributed by atoms with E-state index < -0.39 is 18.0 Å². The van der Waals surface area contributed by atoms with E-state index in [9.17, 15) is 14.4 Å². The molecule has 0 spiro atoms. The molecule has 1 amide bonds. The summed E-state index contributed by atoms with van der Waals surface area (Å²) in [7, 11) is 1.23. The van der Waals surface area contributed by atoms with Crippen LogP contribution in [0, 0.1) is 5.92 Å². The van der Waals surface area contributed by atoms with Crippen LogP contribution in [0.15, 0.2) is 0 Å². The molecule has 2 atom stereocenters. The fourth-order valence-electron chi connectivity index (χ4n) is 1.86. The molecule has 7 nitrogen and oxygen atoms in total. The highest BCUT2D eigenvalue weighted by Crippen LogP contribution is 2.14. The fourth-order valence-corrected chi connectivity index (χ4v) is 1.86. The maximum absolute atomic E-state index is 11.9. The van der Waals surface area contributed by atoms with Crippen molar-refractivity contribution < 1.29 is 29.0 Å². The molecule has 0 aromatic rings. The second-order valence-corrected chi connectivity index (χ2v) is 4.43. The van der Waals surface area contributed by atoms with Crippen molar-refractivity contribution in [2.75, 3.05) is 20.3 Å². The molecular weight excluding hydrogens is 254 g/mol. The number of ether oxygens (including phenoxy) is 2. The van der Waals surface area contributed by atoms with Crippen molar-refractivity contribution in [1.82, 2.24) is 5.32 Å². The van der Waals surface area contributed by atoms with E-state index in [4.69, 9.17) is 9.84 Å². The zero-order valence-corrected chi connectivity index (χ0v) is 10.9. The monoisotopic (exact) mass is 273 g/mol. The van der Waals surface area contributed by atoms with Crippen LogP contribution in [0.5, 0.6) is 0 Å². The summed E-state index contributed by atoms with van der Waals surface area (Å²) in [5.41, 5.74) is 0. The van der Waals surface area contributed by atoms with Gasteiger partial charge in [0.2, 0.25) is 5.91 Å². The van der Waals surface area contributed by atoms with Gasteiger partial charge in [-0.1, -0.05) is 0 Å². The van der Waals surface area contributed by atoms with Gasteiger partial charge in [0.15, 0.2) is 0 Å². The number of hydrogen-bond acceptors (Lipinski definition) is 5. The van der Waals surface area contributed by atoms with E-state index in [-0.39, 0.29) is 24.7 Å². The molecule has 1 unspecified atom stereocenters. The van der Waals surface area contributed by atoms with E-state index >= 15 is 0 Å². The molecule has 0 aliphatic carbocycles. The number of methoxy groups -OCH3 is 1. The minimum atomic E-state index is -1.16. The summed E-state index contributed by atoms with van der Waals surface area (Å²) in [6, 6.07) is -1.08. The molecule has 7 heteroatoms. The number of carbonyl (C=O) groups is 3. The Labute approximate surface area is 111 Å². The van der Waals surface area contributed by atoms with Gasteiger partial charge in [0.25, 0.3) is 0 Å². The lowest BCUT2D eigenvalue weighted by molar-refractivity contribution is -0.145. The predicted octanol–water partition coefficient (Wildman–Crippen LogP) is -0.0644. The van der Waals surface area contributed by atoms with Crippen LogP contribution < -0.4 is 5.32 Å². The van der Waals surface area contributed by atoms with Gasteiger partial charge in [-0.15, -0.1) is 0 Å². The van der Waals surface area contributed by atoms with E-state index in [2.05, 4.69) is 10.1 Å². The van der Waals surface area contributed by atoms with Crippen LogP contribution in [-0.2, 0) is 23.9 Å². The van der Waals surface area contributed by atoms with E-state index in [1.54, 1.807) is 0 Å². The number of carboxylic acid groups (broad SMARTS) is 1. The minimum absolute atomic E-state index is 0.0152. The Balaban J connectivity index is 2.45. The highest BCUT2D eigenvalue weighted by Gasteiger charge is 2.27. The Morgan fingerprint density at radius 1 is 1.47 bits per heavy atom. The van der Waals surface area contributed by atoms with Crippen molar-refractivity contribution >= 4 is 17.8 Å². The van der Waals surface area contributed by atoms with Gasteiger partial charge in [0, 0.05) is 13.0 Å². The summed E-state index contributed by atoms with van der Waals surface area (Å²) >= 11 is 0. The van der Waals surface area contributed by atoms with Crippen LogP contribution in [0.25, 0.3) is 0 Å². The van der Waals surface area contributed by atoms with Crippen molar-refractivity contribution in [2.45, 2.75) is 31.7 Å². The van der Waals surface area contributed by atoms with Crippen molar-refractivity contribution in [2.24, 2.45) is 5.92 Å². The molecule has 0 saturated carbocycles. The van der Waals surface area contributed by atoms with Crippen LogP contribution >= 0.6 is 0 Å². The van der Waals surface area contributed by atoms with Crippen LogP contribution in [0.4, 0.5) is 0 Å². The molecule has 19 heavy (non-hydrogen) atoms. The average molecular weight is 273 g/mol. The van der Waals surface area contributed by atoms with E-state index in [0.717, 1.165) is 6.42 Å². The van der Waals surface area contributed by atoms with Gasteiger partial charge in [-0.3, -0.25) is 9.59 Å². The lowest BCUT2D eigenvalue weighted by Gasteiger charge is -2.23. The zero-order valence-electron chi connectivity index (χ0n) is 10.9. The van der Waals surface area contributed by atoms with Crippen LogP contribution in [0.1, 0.15) is 25.7 Å². The van der Waals surface area contributed by atoms with E-state index in [1.165, 1.54) is 7.11 Å². The van der Waals surface area contributed by atoms with Gasteiger partial charge >= 0.3 is 11.9 Å². The summed E-state index contributed by atoms with van der Waals surface area (Å²) in [5, 5.41) is 11.4. The number of nitrogens with one attached hydrogen (secondary N) is 1. The molecule has 0 bridgehead atoms. The molecular formula is C12H19NO6. The molecule has 2 N–H and O–H groups in total. The number of esters is 1. The number of carboxylic acids is 1. The lowest BCUT2D eigenvalue weighted by Crippen LogP contribution is -2.45. The Hall–Kier alpha value is -1.63. The zero-order chi connectivity index (χ0) is 14.3. The van der Waals surface area contributed by atoms with Gasteiger partial charge in [0.1, 0.15) is 6.04 Å². The van der Waals surface area contributed by atoms with Crippen LogP contribution in [0.2, 0.25) is 0 Å². The third kappa shape index (κ3) is 5.25. The van der Waals surface area contributed by atoms with Gasteiger partial charge < -0.3 is 19.9 Å². The van der Waals surface area contributed by atoms with Gasteiger partial charge in [-0.05, 0) is 19.3 Å². The first-order valence-electron chi connectivity index (χ1n) is 6.22. The predicted molar refractivity (Wildman–Crippen MR) is 64.4 cm³/mol. The number of amides is 1. The first-order valence-corrected chi connectivity index (χ1v) is 6.22. The molecule has 0 radical (unpaired) electrons. The molecule has 1 aliphatic heterocycles. The topological polar surface area (TPSA) is 102 Å². The molecule has 0 aromatic heterocycles. The minimum Gasteiger partial charge on any atom is -0.480 e. The third-order valence-corrected chi connectivity index (χ3v) is 3.01. The summed E-state index contributed by atoms with van der Waals surface area (Å²) in [4.78, 5) is 33.9. The normalized spacial score (nSPS) is 20.4. The van der Waals surface area contributed by atoms with Gasteiger partial charge in [-0.25, -0.2) is 4.79 Å². The molecule has 1 saturated heterocycles. The van der Waals surface area contributed by atoms with Gasteiger partial charge in [0.05, 0.1) is 19.6 Å². The number of rotatable bonds is 6. The average Bonchev–Trinajstić information content (AvgIpc) is 2.43. The van der Waals surface area contributed by atoms with Gasteiger partial charge in [-0.2, -0.15) is 0 Å². The summed E-state index contributed by atoms with van der Waals surface area (Å²) in [6.45, 7) is 0.948. The lowest BCUT2D eigenvalue weighted by atomic mass is 10.0. The molecule has 1 heterocycles. The summed E-state index contributed by atoms with van der Waals surface area (Å²) in [6.07, 6.45) is 1.45. The fraction of sp³-hybridized carbons (Fsp3) is 0.750. The van der Waals surface area contributed by atoms with Crippen molar-refractivity contribution in [3.63, 3.8) is 0 Å². The Morgan fingerprint density at radius 3 is 2.74 bits per heavy atom. The third-order valence-electron chi connectivity index (χ3n) is 3.01. The number of aliphatic carboxylic acids is 1. The summed E-state index contributed by atoms with van der Waals surface area (Å²) < 4.78 is 9.62. The van der Waals surface area contributed by atoms with E-state index in [1.807, 2.05) is 0 Å². The SMILES string of the molecule is COC(=O)CC[C@H](NC(=O)C1CCCOC1)C(=O)O. The maximum Gasteiger partial charge on any atom is 0.326 e. The molecule has 1 fully saturated rings. The summed E-state index contributed by atoms with van der Waals surface area (Å²) in [5.74, 6) is -2.30. The van der Waals surface area contributed by atoms with Crippen molar-refractivity contribution in [1.29, 1.82) is 0 Å². The number of hydrogen-bond donors (Lipinski definition) is 2. The highest BCUT2D eigenvalue weighted by molar-refractivity contribution is 5.85. The first-order chi connectivity index (χ1) is 9.04. The van der Waals surface area contributed by atoms with Crippen LogP contribution in [-0.4, -0.2) is 49.3 Å². The van der Waals surface area contributed by atoms with Crippen LogP contribution in [0.3, 0.4) is 0 Å². The van der Waals surface area contributed by atoms with E-state index in [0.29, 0.717) is 19.6 Å². The quantitative estimate of drug-likeness (QED) is 0.657. The smallest absolute Gasteiger partial charge is 0.326 e. The van der Waals surface area contributed by atoms with Crippen molar-refractivity contribution in [3.05, 3.63) is 0 Å². The maximum atomic E-state index is 11.9. The molecule has 1 aliphatic rings. The highest BCUT2D eigenvalue weighted by atomic mass is 16.5. The largest absolute Gasteiger partial charge is 0.480 e. The molecule has 0 aromatic carbocycles. The number of carbonyl (C=O) groups excluding carboxylic acids is 2. The van der Waals surface area contributed by atoms with Crippen molar-refractivity contribution in [3.8, 4) is 0 Å². The standard InChI is InChI=1S/C12H19NO6/c1-18-10(14)5-4-9(12(16)17)13-11(15)8-3-2-6-19-7-8/h8-9H,2-7H2,1H3,(H,13,15)(H,16,17)/t8?,9-/m0/s1. The molecule has 108 valence electrons. The Morgan fingerprint density at radius 2 is 2.21 bits per heavy atom.